The predicted molar refractivity (Wildman–Crippen MR) is 91.0 cm³/mol. The van der Waals surface area contributed by atoms with Gasteiger partial charge in [0.1, 0.15) is 13.2 Å². The van der Waals surface area contributed by atoms with Crippen molar-refractivity contribution >= 4 is 32.3 Å². The van der Waals surface area contributed by atoms with Gasteiger partial charge in [-0.05, 0) is 30.7 Å². The second kappa shape index (κ2) is 9.44. The maximum atomic E-state index is 11.9. The Hall–Kier alpha value is -2.05. The highest BCUT2D eigenvalue weighted by molar-refractivity contribution is 7.88. The molecule has 0 aliphatic carbocycles. The normalized spacial score (nSPS) is 11.8. The Morgan fingerprint density at radius 1 is 1.16 bits per heavy atom. The first-order chi connectivity index (χ1) is 11.0. The number of esters is 1. The number of carbonyl (C=O) groups is 1. The van der Waals surface area contributed by atoms with Crippen LogP contribution >= 0.6 is 0 Å². The first kappa shape index (κ1) is 22.9. The van der Waals surface area contributed by atoms with Crippen molar-refractivity contribution in [2.75, 3.05) is 13.2 Å². The van der Waals surface area contributed by atoms with Gasteiger partial charge in [-0.1, -0.05) is 18.7 Å². The van der Waals surface area contributed by atoms with Crippen LogP contribution in [0.1, 0.15) is 12.5 Å². The van der Waals surface area contributed by atoms with Crippen molar-refractivity contribution in [2.24, 2.45) is 0 Å². The summed E-state index contributed by atoms with van der Waals surface area (Å²) < 4.78 is 63.0. The third-order valence-corrected chi connectivity index (χ3v) is 4.31. The van der Waals surface area contributed by atoms with Gasteiger partial charge in [0.25, 0.3) is 20.2 Å². The van der Waals surface area contributed by atoms with E-state index in [2.05, 4.69) is 6.58 Å². The summed E-state index contributed by atoms with van der Waals surface area (Å²) in [4.78, 5) is 11.0. The van der Waals surface area contributed by atoms with Crippen molar-refractivity contribution in [1.82, 2.24) is 6.15 Å². The first-order valence-corrected chi connectivity index (χ1v) is 9.40. The summed E-state index contributed by atoms with van der Waals surface area (Å²) in [5.41, 5.74) is 0.549. The van der Waals surface area contributed by atoms with Crippen molar-refractivity contribution in [3.8, 4) is 0 Å². The van der Waals surface area contributed by atoms with Gasteiger partial charge in [-0.3, -0.25) is 8.74 Å². The second-order valence-electron chi connectivity index (χ2n) is 4.58. The summed E-state index contributed by atoms with van der Waals surface area (Å²) in [7, 11) is -8.30. The predicted octanol–water partition coefficient (Wildman–Crippen LogP) is 1.53. The number of rotatable bonds is 8. The Bertz CT molecular complexity index is 839. The molecular weight excluding hydrogens is 374 g/mol. The average molecular weight is 393 g/mol. The van der Waals surface area contributed by atoms with Crippen LogP contribution in [0.5, 0.6) is 0 Å². The Labute approximate surface area is 146 Å². The van der Waals surface area contributed by atoms with Crippen molar-refractivity contribution < 1.29 is 35.1 Å². The highest BCUT2D eigenvalue weighted by Crippen LogP contribution is 2.14. The van der Waals surface area contributed by atoms with Crippen molar-refractivity contribution in [2.45, 2.75) is 11.8 Å². The van der Waals surface area contributed by atoms with Gasteiger partial charge in [0.2, 0.25) is 0 Å². The molecule has 0 spiro atoms. The Kier molecular flexibility index (Phi) is 8.66. The van der Waals surface area contributed by atoms with E-state index < -0.39 is 26.2 Å². The Morgan fingerprint density at radius 2 is 1.72 bits per heavy atom. The van der Waals surface area contributed by atoms with E-state index in [1.807, 2.05) is 0 Å². The number of ether oxygens (including phenoxy) is 1. The van der Waals surface area contributed by atoms with E-state index in [4.69, 9.17) is 13.5 Å². The Balaban J connectivity index is 0.00000576. The number of hydrogen-bond donors (Lipinski definition) is 2. The summed E-state index contributed by atoms with van der Waals surface area (Å²) >= 11 is 0. The zero-order chi connectivity index (χ0) is 18.4. The molecule has 1 aromatic carbocycles. The van der Waals surface area contributed by atoms with Gasteiger partial charge in [-0.25, -0.2) is 4.79 Å². The van der Waals surface area contributed by atoms with Gasteiger partial charge >= 0.3 is 5.97 Å². The third kappa shape index (κ3) is 8.56. The standard InChI is InChI=1S/C14H16O8S2.H3N/c1-11(2)14(15)21-8-9-22-24(19,20)13-5-3-12(4-6-13)7-10-23(16,17)18;/h3-7,10H,1,8-9H2,2H3,(H,16,17,18);1H3. The van der Waals surface area contributed by atoms with Gasteiger partial charge in [0, 0.05) is 5.57 Å². The summed E-state index contributed by atoms with van der Waals surface area (Å²) in [6.07, 6.45) is 1.10. The fraction of sp³-hybridized carbons (Fsp3) is 0.214. The SMILES string of the molecule is C=C(C)C(=O)OCCOS(=O)(=O)c1ccc(C=CS(=O)(=O)O)cc1.N. The van der Waals surface area contributed by atoms with Gasteiger partial charge in [0.15, 0.2) is 0 Å². The second-order valence-corrected chi connectivity index (χ2v) is 7.50. The zero-order valence-electron chi connectivity index (χ0n) is 13.4. The van der Waals surface area contributed by atoms with Crippen LogP contribution in [-0.2, 0) is 34.0 Å². The molecule has 0 saturated carbocycles. The molecule has 0 aliphatic heterocycles. The fourth-order valence-corrected chi connectivity index (χ4v) is 2.60. The molecule has 140 valence electrons. The quantitative estimate of drug-likeness (QED) is 0.219. The summed E-state index contributed by atoms with van der Waals surface area (Å²) in [6.45, 7) is 4.23. The topological polar surface area (TPSA) is 159 Å². The smallest absolute Gasteiger partial charge is 0.333 e. The summed E-state index contributed by atoms with van der Waals surface area (Å²) in [5.74, 6) is -0.647. The van der Waals surface area contributed by atoms with Gasteiger partial charge in [-0.15, -0.1) is 0 Å². The molecule has 0 fully saturated rings. The molecule has 0 unspecified atom stereocenters. The Morgan fingerprint density at radius 3 is 2.20 bits per heavy atom. The molecule has 0 saturated heterocycles. The van der Waals surface area contributed by atoms with E-state index in [0.29, 0.717) is 11.0 Å². The van der Waals surface area contributed by atoms with E-state index in [-0.39, 0.29) is 29.8 Å². The van der Waals surface area contributed by atoms with E-state index in [1.165, 1.54) is 31.2 Å². The molecule has 0 bridgehead atoms. The highest BCUT2D eigenvalue weighted by atomic mass is 32.2. The lowest BCUT2D eigenvalue weighted by Gasteiger charge is -2.07. The average Bonchev–Trinajstić information content (AvgIpc) is 2.49. The molecule has 11 heteroatoms. The lowest BCUT2D eigenvalue weighted by Crippen LogP contribution is -2.14. The molecule has 4 N–H and O–H groups in total. The van der Waals surface area contributed by atoms with Crippen LogP contribution in [0.3, 0.4) is 0 Å². The highest BCUT2D eigenvalue weighted by Gasteiger charge is 2.15. The molecule has 25 heavy (non-hydrogen) atoms. The van der Waals surface area contributed by atoms with Gasteiger partial charge < -0.3 is 10.9 Å². The molecular formula is C14H19NO8S2. The largest absolute Gasteiger partial charge is 0.460 e. The maximum Gasteiger partial charge on any atom is 0.333 e. The molecule has 0 aromatic heterocycles. The molecule has 9 nitrogen and oxygen atoms in total. The number of carbonyl (C=O) groups excluding carboxylic acids is 1. The molecule has 0 atom stereocenters. The van der Waals surface area contributed by atoms with Crippen LogP contribution < -0.4 is 6.15 Å². The van der Waals surface area contributed by atoms with Crippen LogP contribution in [-0.4, -0.2) is 40.6 Å². The van der Waals surface area contributed by atoms with Crippen LogP contribution in [0.25, 0.3) is 6.08 Å². The minimum absolute atomic E-state index is 0. The number of hydrogen-bond acceptors (Lipinski definition) is 8. The minimum atomic E-state index is -4.26. The first-order valence-electron chi connectivity index (χ1n) is 6.49. The molecule has 1 aromatic rings. The molecule has 1 rings (SSSR count). The van der Waals surface area contributed by atoms with Crippen molar-refractivity contribution in [3.05, 3.63) is 47.4 Å². The van der Waals surface area contributed by atoms with Crippen LogP contribution in [0.2, 0.25) is 0 Å². The zero-order valence-corrected chi connectivity index (χ0v) is 15.0. The molecule has 0 heterocycles. The summed E-state index contributed by atoms with van der Waals surface area (Å²) in [6, 6.07) is 5.08. The molecule has 0 amide bonds. The van der Waals surface area contributed by atoms with Crippen molar-refractivity contribution in [3.63, 3.8) is 0 Å². The minimum Gasteiger partial charge on any atom is -0.460 e. The molecule has 0 radical (unpaired) electrons. The third-order valence-electron chi connectivity index (χ3n) is 2.50. The van der Waals surface area contributed by atoms with Gasteiger partial charge in [0.05, 0.1) is 10.3 Å². The van der Waals surface area contributed by atoms with E-state index in [9.17, 15) is 21.6 Å². The molecule has 0 aliphatic rings. The van der Waals surface area contributed by atoms with Crippen LogP contribution in [0.15, 0.2) is 46.7 Å². The van der Waals surface area contributed by atoms with Crippen LogP contribution in [0, 0.1) is 0 Å². The van der Waals surface area contributed by atoms with Crippen molar-refractivity contribution in [1.29, 1.82) is 0 Å². The van der Waals surface area contributed by atoms with E-state index >= 15 is 0 Å². The fourth-order valence-electron chi connectivity index (χ4n) is 1.38. The lowest BCUT2D eigenvalue weighted by molar-refractivity contribution is -0.139. The van der Waals surface area contributed by atoms with E-state index in [0.717, 1.165) is 6.08 Å². The monoisotopic (exact) mass is 393 g/mol. The lowest BCUT2D eigenvalue weighted by atomic mass is 10.2. The maximum absolute atomic E-state index is 11.9. The number of benzene rings is 1. The summed E-state index contributed by atoms with van der Waals surface area (Å²) in [5, 5.41) is 0.572. The van der Waals surface area contributed by atoms with Crippen LogP contribution in [0.4, 0.5) is 0 Å². The van der Waals surface area contributed by atoms with E-state index in [1.54, 1.807) is 0 Å². The van der Waals surface area contributed by atoms with Gasteiger partial charge in [-0.2, -0.15) is 16.8 Å².